The highest BCUT2D eigenvalue weighted by atomic mass is 35.5. The predicted molar refractivity (Wildman–Crippen MR) is 69.6 cm³/mol. The maximum atomic E-state index is 10.9. The monoisotopic (exact) mass is 256 g/mol. The molecule has 0 aromatic heterocycles. The van der Waals surface area contributed by atoms with E-state index in [1.54, 1.807) is 20.1 Å². The van der Waals surface area contributed by atoms with E-state index in [1.807, 2.05) is 13.0 Å². The van der Waals surface area contributed by atoms with Crippen LogP contribution in [-0.2, 0) is 4.79 Å². The Bertz CT molecular complexity index is 421. The van der Waals surface area contributed by atoms with Crippen LogP contribution in [0.15, 0.2) is 12.1 Å². The average molecular weight is 257 g/mol. The SMILES string of the molecule is COc1cc(Cl)c(C)cc1NCC(C)C(N)=O. The minimum absolute atomic E-state index is 0.240. The number of carbonyl (C=O) groups excluding carboxylic acids is 1. The van der Waals surface area contributed by atoms with Gasteiger partial charge in [-0.25, -0.2) is 0 Å². The molecule has 1 unspecified atom stereocenters. The molecule has 1 rings (SSSR count). The Hall–Kier alpha value is -1.42. The van der Waals surface area contributed by atoms with Crippen molar-refractivity contribution in [3.63, 3.8) is 0 Å². The zero-order chi connectivity index (χ0) is 13.0. The fourth-order valence-electron chi connectivity index (χ4n) is 1.33. The summed E-state index contributed by atoms with van der Waals surface area (Å²) in [6.45, 7) is 4.14. The van der Waals surface area contributed by atoms with Crippen molar-refractivity contribution in [2.45, 2.75) is 13.8 Å². The van der Waals surface area contributed by atoms with Crippen molar-refractivity contribution >= 4 is 23.2 Å². The minimum atomic E-state index is -0.331. The van der Waals surface area contributed by atoms with Crippen molar-refractivity contribution in [3.05, 3.63) is 22.7 Å². The fourth-order valence-corrected chi connectivity index (χ4v) is 1.49. The van der Waals surface area contributed by atoms with E-state index in [9.17, 15) is 4.79 Å². The number of primary amides is 1. The Balaban J connectivity index is 2.83. The van der Waals surface area contributed by atoms with E-state index in [-0.39, 0.29) is 11.8 Å². The summed E-state index contributed by atoms with van der Waals surface area (Å²) in [6, 6.07) is 3.63. The molecule has 0 bridgehead atoms. The van der Waals surface area contributed by atoms with Gasteiger partial charge in [-0.2, -0.15) is 0 Å². The Morgan fingerprint density at radius 1 is 1.59 bits per heavy atom. The maximum Gasteiger partial charge on any atom is 0.222 e. The lowest BCUT2D eigenvalue weighted by Gasteiger charge is -2.15. The number of rotatable bonds is 5. The molecule has 0 heterocycles. The molecule has 0 aliphatic heterocycles. The van der Waals surface area contributed by atoms with Gasteiger partial charge in [-0.05, 0) is 18.6 Å². The van der Waals surface area contributed by atoms with E-state index in [2.05, 4.69) is 5.32 Å². The molecular weight excluding hydrogens is 240 g/mol. The summed E-state index contributed by atoms with van der Waals surface area (Å²) >= 11 is 6.00. The summed E-state index contributed by atoms with van der Waals surface area (Å²) in [5.74, 6) is 0.0788. The number of methoxy groups -OCH3 is 1. The number of hydrogen-bond acceptors (Lipinski definition) is 3. The summed E-state index contributed by atoms with van der Waals surface area (Å²) < 4.78 is 5.21. The van der Waals surface area contributed by atoms with Crippen LogP contribution in [0.2, 0.25) is 5.02 Å². The molecule has 0 saturated heterocycles. The lowest BCUT2D eigenvalue weighted by atomic mass is 10.1. The topological polar surface area (TPSA) is 64.3 Å². The quantitative estimate of drug-likeness (QED) is 0.849. The van der Waals surface area contributed by atoms with E-state index in [4.69, 9.17) is 22.1 Å². The van der Waals surface area contributed by atoms with Crippen LogP contribution in [-0.4, -0.2) is 19.6 Å². The zero-order valence-electron chi connectivity index (χ0n) is 10.2. The lowest BCUT2D eigenvalue weighted by Crippen LogP contribution is -2.26. The fraction of sp³-hybridized carbons (Fsp3) is 0.417. The van der Waals surface area contributed by atoms with Crippen molar-refractivity contribution in [3.8, 4) is 5.75 Å². The van der Waals surface area contributed by atoms with Crippen molar-refractivity contribution in [2.24, 2.45) is 11.7 Å². The van der Waals surface area contributed by atoms with Crippen LogP contribution in [0.25, 0.3) is 0 Å². The third-order valence-electron chi connectivity index (χ3n) is 2.57. The molecule has 0 aliphatic rings. The molecule has 1 amide bonds. The summed E-state index contributed by atoms with van der Waals surface area (Å²) in [6.07, 6.45) is 0. The molecule has 0 radical (unpaired) electrons. The Kier molecular flexibility index (Phi) is 4.63. The molecule has 0 fully saturated rings. The van der Waals surface area contributed by atoms with E-state index in [0.29, 0.717) is 17.3 Å². The third-order valence-corrected chi connectivity index (χ3v) is 2.97. The largest absolute Gasteiger partial charge is 0.495 e. The minimum Gasteiger partial charge on any atom is -0.495 e. The number of anilines is 1. The smallest absolute Gasteiger partial charge is 0.222 e. The van der Waals surface area contributed by atoms with Gasteiger partial charge in [0, 0.05) is 17.6 Å². The van der Waals surface area contributed by atoms with Gasteiger partial charge in [0.2, 0.25) is 5.91 Å². The molecule has 0 aliphatic carbocycles. The van der Waals surface area contributed by atoms with E-state index < -0.39 is 0 Å². The molecule has 4 nitrogen and oxygen atoms in total. The van der Waals surface area contributed by atoms with E-state index >= 15 is 0 Å². The molecule has 1 aromatic rings. The molecule has 3 N–H and O–H groups in total. The summed E-state index contributed by atoms with van der Waals surface area (Å²) in [5.41, 5.74) is 6.95. The highest BCUT2D eigenvalue weighted by Gasteiger charge is 2.11. The molecule has 1 atom stereocenters. The van der Waals surface area contributed by atoms with Gasteiger partial charge in [-0.15, -0.1) is 0 Å². The van der Waals surface area contributed by atoms with Crippen molar-refractivity contribution < 1.29 is 9.53 Å². The zero-order valence-corrected chi connectivity index (χ0v) is 11.0. The number of aryl methyl sites for hydroxylation is 1. The van der Waals surface area contributed by atoms with Crippen LogP contribution in [0.3, 0.4) is 0 Å². The number of halogens is 1. The van der Waals surface area contributed by atoms with Gasteiger partial charge in [0.15, 0.2) is 0 Å². The lowest BCUT2D eigenvalue weighted by molar-refractivity contribution is -0.120. The van der Waals surface area contributed by atoms with Gasteiger partial charge in [0.25, 0.3) is 0 Å². The summed E-state index contributed by atoms with van der Waals surface area (Å²) in [4.78, 5) is 10.9. The van der Waals surface area contributed by atoms with Gasteiger partial charge < -0.3 is 15.8 Å². The number of ether oxygens (including phenoxy) is 1. The Morgan fingerprint density at radius 2 is 2.24 bits per heavy atom. The van der Waals surface area contributed by atoms with Gasteiger partial charge in [0.1, 0.15) is 5.75 Å². The third kappa shape index (κ3) is 3.53. The van der Waals surface area contributed by atoms with Crippen LogP contribution < -0.4 is 15.8 Å². The van der Waals surface area contributed by atoms with E-state index in [1.165, 1.54) is 0 Å². The predicted octanol–water partition coefficient (Wildman–Crippen LogP) is 2.19. The van der Waals surface area contributed by atoms with Gasteiger partial charge >= 0.3 is 0 Å². The molecule has 0 saturated carbocycles. The molecule has 1 aromatic carbocycles. The number of nitrogens with one attached hydrogen (secondary N) is 1. The van der Waals surface area contributed by atoms with Crippen LogP contribution >= 0.6 is 11.6 Å². The summed E-state index contributed by atoms with van der Waals surface area (Å²) in [5, 5.41) is 3.78. The molecule has 5 heteroatoms. The first-order valence-electron chi connectivity index (χ1n) is 5.33. The number of hydrogen-bond donors (Lipinski definition) is 2. The molecule has 94 valence electrons. The first-order chi connectivity index (χ1) is 7.95. The second-order valence-corrected chi connectivity index (χ2v) is 4.39. The first-order valence-corrected chi connectivity index (χ1v) is 5.70. The highest BCUT2D eigenvalue weighted by Crippen LogP contribution is 2.30. The number of benzene rings is 1. The standard InChI is InChI=1S/C12H17ClN2O2/c1-7-4-10(11(17-3)5-9(7)13)15-6-8(2)12(14)16/h4-5,8,15H,6H2,1-3H3,(H2,14,16). The molecule has 17 heavy (non-hydrogen) atoms. The van der Waals surface area contributed by atoms with Gasteiger partial charge in [-0.1, -0.05) is 18.5 Å². The van der Waals surface area contributed by atoms with Crippen LogP contribution in [0.5, 0.6) is 5.75 Å². The molecular formula is C12H17ClN2O2. The van der Waals surface area contributed by atoms with E-state index in [0.717, 1.165) is 11.3 Å². The first kappa shape index (κ1) is 13.6. The number of nitrogens with two attached hydrogens (primary N) is 1. The second kappa shape index (κ2) is 5.77. The van der Waals surface area contributed by atoms with Gasteiger partial charge in [-0.3, -0.25) is 4.79 Å². The number of carbonyl (C=O) groups is 1. The number of amides is 1. The molecule has 0 spiro atoms. The average Bonchev–Trinajstić information content (AvgIpc) is 2.29. The Labute approximate surface area is 106 Å². The van der Waals surface area contributed by atoms with Gasteiger partial charge in [0.05, 0.1) is 18.7 Å². The maximum absolute atomic E-state index is 10.9. The van der Waals surface area contributed by atoms with Crippen molar-refractivity contribution in [1.29, 1.82) is 0 Å². The van der Waals surface area contributed by atoms with Crippen LogP contribution in [0.4, 0.5) is 5.69 Å². The van der Waals surface area contributed by atoms with Crippen LogP contribution in [0, 0.1) is 12.8 Å². The normalized spacial score (nSPS) is 12.0. The van der Waals surface area contributed by atoms with Crippen molar-refractivity contribution in [2.75, 3.05) is 19.0 Å². The highest BCUT2D eigenvalue weighted by molar-refractivity contribution is 6.31. The van der Waals surface area contributed by atoms with Crippen molar-refractivity contribution in [1.82, 2.24) is 0 Å². The Morgan fingerprint density at radius 3 is 2.76 bits per heavy atom. The summed E-state index contributed by atoms with van der Waals surface area (Å²) in [7, 11) is 1.57. The van der Waals surface area contributed by atoms with Crippen LogP contribution in [0.1, 0.15) is 12.5 Å². The second-order valence-electron chi connectivity index (χ2n) is 3.99.